The van der Waals surface area contributed by atoms with E-state index in [0.29, 0.717) is 24.7 Å². The van der Waals surface area contributed by atoms with Crippen LogP contribution in [0.25, 0.3) is 0 Å². The molecule has 0 aromatic heterocycles. The van der Waals surface area contributed by atoms with E-state index >= 15 is 0 Å². The van der Waals surface area contributed by atoms with Gasteiger partial charge in [0.1, 0.15) is 0 Å². The molecule has 0 fully saturated rings. The quantitative estimate of drug-likeness (QED) is 0.619. The van der Waals surface area contributed by atoms with E-state index in [2.05, 4.69) is 0 Å². The predicted octanol–water partition coefficient (Wildman–Crippen LogP) is -0.243. The maximum atomic E-state index is 8.36. The number of rotatable bonds is 0. The SMILES string of the molecule is [O]=[Ta].[O]=[Zr]. The van der Waals surface area contributed by atoms with Crippen molar-refractivity contribution in [2.24, 2.45) is 0 Å². The molecule has 0 aliphatic carbocycles. The molecule has 2 nitrogen and oxygen atoms in total. The van der Waals surface area contributed by atoms with Gasteiger partial charge in [0.2, 0.25) is 0 Å². The van der Waals surface area contributed by atoms with Crippen LogP contribution in [0.5, 0.6) is 0 Å². The average molecular weight is 304 g/mol. The van der Waals surface area contributed by atoms with Crippen molar-refractivity contribution in [3.05, 3.63) is 0 Å². The summed E-state index contributed by atoms with van der Waals surface area (Å²) < 4.78 is 16.7. The summed E-state index contributed by atoms with van der Waals surface area (Å²) in [6.45, 7) is 0. The molecule has 0 saturated heterocycles. The molecule has 0 amide bonds. The van der Waals surface area contributed by atoms with Gasteiger partial charge in [-0.3, -0.25) is 0 Å². The molecule has 4 heavy (non-hydrogen) atoms. The van der Waals surface area contributed by atoms with Crippen LogP contribution < -0.4 is 0 Å². The summed E-state index contributed by atoms with van der Waals surface area (Å²) in [5.41, 5.74) is 0. The molecular weight excluding hydrogens is 304 g/mol. The summed E-state index contributed by atoms with van der Waals surface area (Å²) in [6.07, 6.45) is 0. The van der Waals surface area contributed by atoms with E-state index in [4.69, 9.17) is 6.06 Å². The minimum absolute atomic E-state index is 0.194. The normalized spacial score (nSPS) is 1.50. The van der Waals surface area contributed by atoms with Crippen LogP contribution >= 0.6 is 0 Å². The van der Waals surface area contributed by atoms with Crippen LogP contribution in [0.3, 0.4) is 0 Å². The van der Waals surface area contributed by atoms with Crippen LogP contribution in [0.15, 0.2) is 0 Å². The second kappa shape index (κ2) is 29.3. The van der Waals surface area contributed by atoms with Gasteiger partial charge in [-0.25, -0.2) is 0 Å². The molecule has 0 aliphatic rings. The van der Waals surface area contributed by atoms with Crippen LogP contribution in [-0.4, -0.2) is 0 Å². The van der Waals surface area contributed by atoms with Gasteiger partial charge in [0, 0.05) is 0 Å². The zero-order chi connectivity index (χ0) is 4.00. The molecule has 0 aliphatic heterocycles. The van der Waals surface area contributed by atoms with Gasteiger partial charge in [-0.1, -0.05) is 0 Å². The van der Waals surface area contributed by atoms with E-state index in [1.807, 2.05) is 0 Å². The third-order valence-electron chi connectivity index (χ3n) is 0. The monoisotopic (exact) mass is 303 g/mol. The van der Waals surface area contributed by atoms with E-state index in [0.717, 1.165) is 0 Å². The maximum absolute atomic E-state index is 8.36. The summed E-state index contributed by atoms with van der Waals surface area (Å²) in [5, 5.41) is 0. The molecule has 0 radical (unpaired) electrons. The fourth-order valence-electron chi connectivity index (χ4n) is 0. The van der Waals surface area contributed by atoms with E-state index in [9.17, 15) is 0 Å². The fraction of sp³-hybridized carbons (Fsp3) is 0. The first kappa shape index (κ1) is 8.97. The van der Waals surface area contributed by atoms with Crippen molar-refractivity contribution < 1.29 is 51.8 Å². The molecule has 0 bridgehead atoms. The zero-order valence-corrected chi connectivity index (χ0v) is 7.44. The topological polar surface area (TPSA) is 34.1 Å². The molecule has 0 N–H and O–H groups in total. The second-order valence-electron chi connectivity index (χ2n) is 0. The summed E-state index contributed by atoms with van der Waals surface area (Å²) in [5.74, 6) is 0. The Kier molecular flexibility index (Phi) is 65.7. The molecule has 0 rings (SSSR count). The Morgan fingerprint density at radius 2 is 1.25 bits per heavy atom. The molecular formula is O2TaZr. The first-order chi connectivity index (χ1) is 2.00. The minimum atomic E-state index is 0.194. The van der Waals surface area contributed by atoms with Crippen LogP contribution in [0.1, 0.15) is 0 Å². The van der Waals surface area contributed by atoms with Crippen molar-refractivity contribution in [3.8, 4) is 0 Å². The van der Waals surface area contributed by atoms with Gasteiger partial charge in [0.15, 0.2) is 0 Å². The summed E-state index contributed by atoms with van der Waals surface area (Å²) >= 11 is 0.494. The summed E-state index contributed by atoms with van der Waals surface area (Å²) in [6, 6.07) is 0. The Hall–Kier alpha value is 1.22. The van der Waals surface area contributed by atoms with Crippen molar-refractivity contribution in [1.29, 1.82) is 0 Å². The van der Waals surface area contributed by atoms with Crippen molar-refractivity contribution in [3.63, 3.8) is 0 Å². The Bertz CT molecular complexity index is 8.00. The van der Waals surface area contributed by atoms with Gasteiger partial charge in [-0.05, 0) is 0 Å². The van der Waals surface area contributed by atoms with Crippen molar-refractivity contribution in [2.75, 3.05) is 0 Å². The van der Waals surface area contributed by atoms with Crippen LogP contribution in [0.4, 0.5) is 0 Å². The standard InChI is InChI=1S/2O.Ta.Zr. The average Bonchev–Trinajstić information content (AvgIpc) is 1.50. The predicted molar refractivity (Wildman–Crippen MR) is 1.37 cm³/mol. The van der Waals surface area contributed by atoms with Crippen LogP contribution in [0.2, 0.25) is 0 Å². The molecule has 0 heterocycles. The van der Waals surface area contributed by atoms with Crippen molar-refractivity contribution in [1.82, 2.24) is 0 Å². The Balaban J connectivity index is 0. The molecule has 0 spiro atoms. The zero-order valence-electron chi connectivity index (χ0n) is 1.76. The third kappa shape index (κ3) is 10.6. The Labute approximate surface area is 51.5 Å². The molecule has 4 heteroatoms. The molecule has 21 valence electrons. The molecule has 0 unspecified atom stereocenters. The number of hydrogen-bond donors (Lipinski definition) is 0. The van der Waals surface area contributed by atoms with Crippen molar-refractivity contribution in [2.45, 2.75) is 0 Å². The Morgan fingerprint density at radius 3 is 1.25 bits per heavy atom. The first-order valence-electron chi connectivity index (χ1n) is 0.387. The molecule has 0 atom stereocenters. The van der Waals surface area contributed by atoms with Crippen molar-refractivity contribution >= 4 is 0 Å². The van der Waals surface area contributed by atoms with E-state index in [1.54, 1.807) is 0 Å². The second-order valence-corrected chi connectivity index (χ2v) is 0. The molecule has 0 aromatic rings. The fourth-order valence-corrected chi connectivity index (χ4v) is 0. The van der Waals surface area contributed by atoms with E-state index in [-0.39, 0.29) is 21.0 Å². The van der Waals surface area contributed by atoms with Gasteiger partial charge in [0.25, 0.3) is 0 Å². The van der Waals surface area contributed by atoms with Gasteiger partial charge in [-0.2, -0.15) is 0 Å². The first-order valence-corrected chi connectivity index (χ1v) is 2.70. The molecule has 0 saturated carbocycles. The van der Waals surface area contributed by atoms with Gasteiger partial charge in [0.05, 0.1) is 0 Å². The Morgan fingerprint density at radius 1 is 1.25 bits per heavy atom. The van der Waals surface area contributed by atoms with Gasteiger partial charge < -0.3 is 0 Å². The van der Waals surface area contributed by atoms with E-state index in [1.165, 1.54) is 0 Å². The van der Waals surface area contributed by atoms with Crippen LogP contribution in [-0.2, 0) is 51.8 Å². The van der Waals surface area contributed by atoms with Crippen LogP contribution in [0, 0.1) is 0 Å². The van der Waals surface area contributed by atoms with Gasteiger partial charge in [-0.15, -0.1) is 0 Å². The summed E-state index contributed by atoms with van der Waals surface area (Å²) in [4.78, 5) is 0. The molecule has 0 aromatic carbocycles. The summed E-state index contributed by atoms with van der Waals surface area (Å²) in [7, 11) is 0. The van der Waals surface area contributed by atoms with Gasteiger partial charge >= 0.3 is 51.8 Å². The van der Waals surface area contributed by atoms with E-state index < -0.39 is 0 Å². The number of hydrogen-bond acceptors (Lipinski definition) is 2. The third-order valence-corrected chi connectivity index (χ3v) is 0.